The summed E-state index contributed by atoms with van der Waals surface area (Å²) in [6, 6.07) is 30.3. The summed E-state index contributed by atoms with van der Waals surface area (Å²) >= 11 is 0. The van der Waals surface area contributed by atoms with Crippen LogP contribution in [-0.2, 0) is 38.3 Å². The number of hydrogen-bond donors (Lipinski definition) is 1. The zero-order valence-corrected chi connectivity index (χ0v) is 37.8. The largest absolute Gasteiger partial charge is 0.507 e. The number of nitrogens with zero attached hydrogens (tertiary/aromatic N) is 3. The molecule has 0 saturated heterocycles. The van der Waals surface area contributed by atoms with Gasteiger partial charge < -0.3 is 5.11 Å². The van der Waals surface area contributed by atoms with E-state index < -0.39 is 47.8 Å². The Morgan fingerprint density at radius 3 is 2.12 bits per heavy atom. The van der Waals surface area contributed by atoms with Crippen LogP contribution in [0.4, 0.5) is 0 Å². The van der Waals surface area contributed by atoms with Gasteiger partial charge in [-0.3, -0.25) is 9.55 Å². The normalized spacial score (nSPS) is 13.8. The Bertz CT molecular complexity index is 3250. The predicted octanol–water partition coefficient (Wildman–Crippen LogP) is 14.4. The number of benzene rings is 6. The Balaban J connectivity index is 0.00000684. The average molecular weight is 976 g/mol. The van der Waals surface area contributed by atoms with E-state index in [0.717, 1.165) is 45.4 Å². The monoisotopic (exact) mass is 975 g/mol. The minimum absolute atomic E-state index is 0. The summed E-state index contributed by atoms with van der Waals surface area (Å²) in [6.45, 7) is 18.9. The maximum Gasteiger partial charge on any atom is 0.148 e. The van der Waals surface area contributed by atoms with Gasteiger partial charge in [-0.15, -0.1) is 29.3 Å². The van der Waals surface area contributed by atoms with Crippen LogP contribution in [0.2, 0.25) is 0 Å². The third kappa shape index (κ3) is 8.54. The summed E-state index contributed by atoms with van der Waals surface area (Å²) in [5, 5.41) is 12.0. The van der Waals surface area contributed by atoms with E-state index in [9.17, 15) is 6.48 Å². The molecular weight excluding hydrogens is 914 g/mol. The molecule has 6 aromatic carbocycles. The van der Waals surface area contributed by atoms with Crippen molar-refractivity contribution in [3.05, 3.63) is 168 Å². The van der Waals surface area contributed by atoms with Gasteiger partial charge in [-0.1, -0.05) is 157 Å². The van der Waals surface area contributed by atoms with Gasteiger partial charge in [-0.25, -0.2) is 4.98 Å². The van der Waals surface area contributed by atoms with Crippen molar-refractivity contribution in [3.63, 3.8) is 0 Å². The third-order valence-corrected chi connectivity index (χ3v) is 10.7. The van der Waals surface area contributed by atoms with Gasteiger partial charge in [0.2, 0.25) is 0 Å². The first-order valence-corrected chi connectivity index (χ1v) is 20.2. The molecule has 2 aromatic heterocycles. The molecule has 60 heavy (non-hydrogen) atoms. The van der Waals surface area contributed by atoms with Crippen LogP contribution in [-0.4, -0.2) is 19.6 Å². The zero-order chi connectivity index (χ0) is 48.6. The quantitative estimate of drug-likeness (QED) is 0.154. The second kappa shape index (κ2) is 16.8. The van der Waals surface area contributed by atoms with Crippen molar-refractivity contribution in [1.29, 1.82) is 0 Å². The Morgan fingerprint density at radius 2 is 1.42 bits per heavy atom. The number of rotatable bonds is 8. The molecule has 4 nitrogen and oxygen atoms in total. The van der Waals surface area contributed by atoms with Gasteiger partial charge in [0.15, 0.2) is 0 Å². The Hall–Kier alpha value is -5.57. The number of fused-ring (bicyclic) bond motifs is 1. The van der Waals surface area contributed by atoms with Crippen LogP contribution in [0.25, 0.3) is 72.7 Å². The number of pyridine rings is 1. The fraction of sp³-hybridized carbons (Fsp3) is 0.236. The van der Waals surface area contributed by atoms with Crippen LogP contribution < -0.4 is 0 Å². The Labute approximate surface area is 381 Å². The number of aromatic nitrogens is 3. The number of hydrogen-bond acceptors (Lipinski definition) is 3. The molecule has 8 aromatic rings. The van der Waals surface area contributed by atoms with E-state index in [1.165, 1.54) is 5.56 Å². The van der Waals surface area contributed by atoms with Crippen LogP contribution in [0.5, 0.6) is 5.75 Å². The molecule has 0 radical (unpaired) electrons. The molecule has 0 aliphatic rings. The molecule has 0 spiro atoms. The molecule has 0 unspecified atom stereocenters. The summed E-state index contributed by atoms with van der Waals surface area (Å²) in [6.07, 6.45) is 0.374. The third-order valence-electron chi connectivity index (χ3n) is 10.7. The summed E-state index contributed by atoms with van der Waals surface area (Å²) < 4.78 is 71.5. The van der Waals surface area contributed by atoms with Gasteiger partial charge in [0.1, 0.15) is 11.6 Å². The fourth-order valence-corrected chi connectivity index (χ4v) is 7.57. The van der Waals surface area contributed by atoms with Gasteiger partial charge in [0.25, 0.3) is 0 Å². The van der Waals surface area contributed by atoms with Crippen molar-refractivity contribution < 1.29 is 37.1 Å². The van der Waals surface area contributed by atoms with E-state index in [2.05, 4.69) is 101 Å². The molecule has 8 rings (SSSR count). The number of phenols is 1. The summed E-state index contributed by atoms with van der Waals surface area (Å²) in [5.74, 6) is 1.10. The molecule has 0 aliphatic carbocycles. The maximum absolute atomic E-state index is 12.0. The summed E-state index contributed by atoms with van der Waals surface area (Å²) in [7, 11) is 0. The van der Waals surface area contributed by atoms with Crippen molar-refractivity contribution in [1.82, 2.24) is 14.5 Å². The van der Waals surface area contributed by atoms with Crippen LogP contribution in [0, 0.1) is 18.9 Å². The SMILES string of the molecule is [2H]c1nc(-c2[c-]c(-c3cccc4c3nc(-c3cc(C(C)(C)C)cc(C)c3O)n4-c3ccc(CC(C)C)cc3-c3ccccc3)cc(C(C)(C)C)c2)c([2H])c(-c2c([2H])c([2H])c([2H])c([2H])c2[2H])c1[2H].[Pt]. The first-order valence-electron chi connectivity index (χ1n) is 24.2. The van der Waals surface area contributed by atoms with Crippen molar-refractivity contribution in [2.24, 2.45) is 5.92 Å². The topological polar surface area (TPSA) is 50.9 Å². The fourth-order valence-electron chi connectivity index (χ4n) is 7.57. The van der Waals surface area contributed by atoms with E-state index in [-0.39, 0.29) is 55.1 Å². The summed E-state index contributed by atoms with van der Waals surface area (Å²) in [5.41, 5.74) is 8.97. The van der Waals surface area contributed by atoms with E-state index in [1.54, 1.807) is 0 Å². The van der Waals surface area contributed by atoms with Crippen LogP contribution in [0.15, 0.2) is 139 Å². The molecular formula is C55H54N3OPt-. The molecule has 2 heterocycles. The van der Waals surface area contributed by atoms with E-state index in [4.69, 9.17) is 14.6 Å². The molecule has 1 N–H and O–H groups in total. The van der Waals surface area contributed by atoms with E-state index in [0.29, 0.717) is 39.5 Å². The van der Waals surface area contributed by atoms with Gasteiger partial charge in [-0.2, -0.15) is 0 Å². The van der Waals surface area contributed by atoms with Gasteiger partial charge in [0.05, 0.1) is 33.3 Å². The van der Waals surface area contributed by atoms with Crippen molar-refractivity contribution in [2.75, 3.05) is 0 Å². The maximum atomic E-state index is 12.0. The van der Waals surface area contributed by atoms with E-state index >= 15 is 0 Å². The second-order valence-corrected chi connectivity index (χ2v) is 17.8. The predicted molar refractivity (Wildman–Crippen MR) is 247 cm³/mol. The minimum atomic E-state index is -0.605. The van der Waals surface area contributed by atoms with Crippen molar-refractivity contribution in [2.45, 2.75) is 79.6 Å². The number of para-hydroxylation sites is 1. The molecule has 0 bridgehead atoms. The first-order chi connectivity index (χ1) is 31.5. The van der Waals surface area contributed by atoms with Crippen LogP contribution >= 0.6 is 0 Å². The molecule has 0 fully saturated rings. The van der Waals surface area contributed by atoms with E-state index in [1.807, 2.05) is 67.6 Å². The molecule has 0 amide bonds. The van der Waals surface area contributed by atoms with Crippen LogP contribution in [0.1, 0.15) is 88.6 Å². The van der Waals surface area contributed by atoms with Gasteiger partial charge >= 0.3 is 0 Å². The Kier molecular flexibility index (Phi) is 9.30. The molecule has 0 atom stereocenters. The molecule has 0 aliphatic heterocycles. The van der Waals surface area contributed by atoms with Gasteiger partial charge in [-0.05, 0) is 93.8 Å². The Morgan fingerprint density at radius 1 is 0.717 bits per heavy atom. The number of phenolic OH excluding ortho intramolecular Hbond substituents is 1. The smallest absolute Gasteiger partial charge is 0.148 e. The van der Waals surface area contributed by atoms with Crippen LogP contribution in [0.3, 0.4) is 0 Å². The van der Waals surface area contributed by atoms with Crippen molar-refractivity contribution in [3.8, 4) is 67.5 Å². The minimum Gasteiger partial charge on any atom is -0.507 e. The van der Waals surface area contributed by atoms with Crippen molar-refractivity contribution >= 4 is 11.0 Å². The molecule has 306 valence electrons. The summed E-state index contributed by atoms with van der Waals surface area (Å²) in [4.78, 5) is 9.92. The average Bonchev–Trinajstić information content (AvgIpc) is 3.67. The molecule has 0 saturated carbocycles. The molecule has 5 heteroatoms. The zero-order valence-electron chi connectivity index (χ0n) is 43.5. The number of aromatic hydroxyl groups is 1. The first kappa shape index (κ1) is 33.2. The van der Waals surface area contributed by atoms with Gasteiger partial charge in [0, 0.05) is 38.5 Å². The standard InChI is InChI=1S/C55H54N3O.Pt/c1-35(2)27-37-23-24-49(46(29-37)39-19-14-11-15-20-39)58-50-22-16-21-45(51(50)57-53(58)47-34-43(54(4,5)6)28-36(3)52(47)59)41-30-42(32-44(31-41)55(7,8)9)48-33-40(25-26-56-48)38-17-12-10-13-18-38;/h10-26,28-29,31-35,59H,27H2,1-9H3;/q-1;/i10D,12D,13D,17D,18D,25D,26D,33D;. The number of aryl methyl sites for hydroxylation is 1. The second-order valence-electron chi connectivity index (χ2n) is 17.8. The number of imidazole rings is 1.